The minimum Gasteiger partial charge on any atom is -0.316 e. The number of rotatable bonds is 4. The van der Waals surface area contributed by atoms with Crippen LogP contribution in [-0.2, 0) is 6.18 Å². The zero-order valence-corrected chi connectivity index (χ0v) is 14.5. The topological polar surface area (TPSA) is 46.4 Å². The Morgan fingerprint density at radius 2 is 1.81 bits per heavy atom. The molecule has 2 aromatic carbocycles. The lowest BCUT2D eigenvalue weighted by Gasteiger charge is -2.11. The van der Waals surface area contributed by atoms with E-state index in [1.807, 2.05) is 0 Å². The summed E-state index contributed by atoms with van der Waals surface area (Å²) >= 11 is 5.77. The van der Waals surface area contributed by atoms with Gasteiger partial charge in [0.2, 0.25) is 0 Å². The van der Waals surface area contributed by atoms with E-state index < -0.39 is 17.6 Å². The van der Waals surface area contributed by atoms with Crippen LogP contribution in [0.1, 0.15) is 21.6 Å². The van der Waals surface area contributed by atoms with Crippen molar-refractivity contribution >= 4 is 23.7 Å². The molecule has 138 valence electrons. The van der Waals surface area contributed by atoms with E-state index in [9.17, 15) is 18.0 Å². The van der Waals surface area contributed by atoms with E-state index in [0.29, 0.717) is 22.0 Å². The van der Waals surface area contributed by atoms with Crippen LogP contribution in [-0.4, -0.2) is 16.7 Å². The molecule has 0 spiro atoms. The van der Waals surface area contributed by atoms with Crippen LogP contribution >= 0.6 is 11.6 Å². The second kappa shape index (κ2) is 7.67. The van der Waals surface area contributed by atoms with Crippen LogP contribution in [0.3, 0.4) is 0 Å². The average molecular weight is 392 g/mol. The number of carbonyl (C=O) groups excluding carboxylic acids is 1. The minimum atomic E-state index is -4.43. The van der Waals surface area contributed by atoms with E-state index in [1.54, 1.807) is 48.7 Å². The van der Waals surface area contributed by atoms with Gasteiger partial charge in [0.25, 0.3) is 5.91 Å². The van der Waals surface area contributed by atoms with Crippen LogP contribution in [0.5, 0.6) is 0 Å². The number of nitrogens with zero attached hydrogens (tertiary/aromatic N) is 2. The third kappa shape index (κ3) is 4.57. The average Bonchev–Trinajstić information content (AvgIpc) is 3.10. The molecule has 3 aromatic rings. The molecule has 0 saturated carbocycles. The van der Waals surface area contributed by atoms with Gasteiger partial charge >= 0.3 is 6.18 Å². The van der Waals surface area contributed by atoms with E-state index >= 15 is 0 Å². The highest BCUT2D eigenvalue weighted by Crippen LogP contribution is 2.30. The Balaban J connectivity index is 1.76. The molecular weight excluding hydrogens is 379 g/mol. The van der Waals surface area contributed by atoms with Crippen molar-refractivity contribution in [3.8, 4) is 5.69 Å². The molecule has 3 rings (SSSR count). The number of hydrogen-bond donors (Lipinski definition) is 1. The van der Waals surface area contributed by atoms with Crippen LogP contribution < -0.4 is 5.43 Å². The van der Waals surface area contributed by atoms with E-state index in [4.69, 9.17) is 11.6 Å². The molecule has 0 atom stereocenters. The molecule has 0 saturated heterocycles. The van der Waals surface area contributed by atoms with E-state index in [1.165, 1.54) is 16.8 Å². The fourth-order valence-electron chi connectivity index (χ4n) is 2.39. The number of benzene rings is 2. The lowest BCUT2D eigenvalue weighted by molar-refractivity contribution is -0.137. The molecule has 0 unspecified atom stereocenters. The van der Waals surface area contributed by atoms with Gasteiger partial charge in [0.15, 0.2) is 0 Å². The summed E-state index contributed by atoms with van der Waals surface area (Å²) in [5, 5.41) is 4.38. The standard InChI is InChI=1S/C19H13ClF3N3O/c20-15-8-6-13(7-9-15)18(27)25-24-12-17-5-2-10-26(17)16-4-1-3-14(11-16)19(21,22)23/h1-12H,(H,25,27)/b24-12-. The van der Waals surface area contributed by atoms with Crippen LogP contribution in [0.25, 0.3) is 5.69 Å². The molecule has 1 heterocycles. The Labute approximate surface area is 157 Å². The molecule has 0 radical (unpaired) electrons. The fraction of sp³-hybridized carbons (Fsp3) is 0.0526. The largest absolute Gasteiger partial charge is 0.416 e. The zero-order chi connectivity index (χ0) is 19.4. The van der Waals surface area contributed by atoms with E-state index in [2.05, 4.69) is 10.5 Å². The number of aromatic nitrogens is 1. The first-order chi connectivity index (χ1) is 12.8. The lowest BCUT2D eigenvalue weighted by Crippen LogP contribution is -2.17. The second-order valence-corrected chi connectivity index (χ2v) is 5.99. The number of halogens is 4. The van der Waals surface area contributed by atoms with Gasteiger partial charge in [0.1, 0.15) is 0 Å². The Morgan fingerprint density at radius 3 is 2.52 bits per heavy atom. The molecule has 8 heteroatoms. The fourth-order valence-corrected chi connectivity index (χ4v) is 2.52. The summed E-state index contributed by atoms with van der Waals surface area (Å²) < 4.78 is 40.2. The van der Waals surface area contributed by atoms with Gasteiger partial charge < -0.3 is 4.57 Å². The Morgan fingerprint density at radius 1 is 1.07 bits per heavy atom. The number of nitrogens with one attached hydrogen (secondary N) is 1. The molecule has 0 fully saturated rings. The maximum atomic E-state index is 12.9. The van der Waals surface area contributed by atoms with Crippen molar-refractivity contribution in [1.29, 1.82) is 0 Å². The van der Waals surface area contributed by atoms with Crippen molar-refractivity contribution in [2.24, 2.45) is 5.10 Å². The minimum absolute atomic E-state index is 0.334. The molecule has 1 N–H and O–H groups in total. The first kappa shape index (κ1) is 18.7. The highest BCUT2D eigenvalue weighted by Gasteiger charge is 2.30. The summed E-state index contributed by atoms with van der Waals surface area (Å²) in [5.41, 5.74) is 2.84. The highest BCUT2D eigenvalue weighted by molar-refractivity contribution is 6.30. The molecule has 0 aliphatic carbocycles. The maximum absolute atomic E-state index is 12.9. The number of alkyl halides is 3. The molecule has 4 nitrogen and oxygen atoms in total. The van der Waals surface area contributed by atoms with E-state index in [0.717, 1.165) is 12.1 Å². The van der Waals surface area contributed by atoms with Crippen LogP contribution in [0.2, 0.25) is 5.02 Å². The summed E-state index contributed by atoms with van der Waals surface area (Å²) in [7, 11) is 0. The van der Waals surface area contributed by atoms with Gasteiger partial charge in [-0.1, -0.05) is 17.7 Å². The van der Waals surface area contributed by atoms with Gasteiger partial charge in [0.05, 0.1) is 17.5 Å². The SMILES string of the molecule is O=C(N/N=C\c1cccn1-c1cccc(C(F)(F)F)c1)c1ccc(Cl)cc1. The Hall–Kier alpha value is -3.06. The normalized spacial score (nSPS) is 11.7. The van der Waals surface area contributed by atoms with Gasteiger partial charge in [-0.25, -0.2) is 5.43 Å². The Bertz CT molecular complexity index is 978. The van der Waals surface area contributed by atoms with Crippen LogP contribution in [0.15, 0.2) is 72.0 Å². The molecule has 1 amide bonds. The maximum Gasteiger partial charge on any atom is 0.416 e. The molecular formula is C19H13ClF3N3O. The van der Waals surface area contributed by atoms with E-state index in [-0.39, 0.29) is 0 Å². The predicted molar refractivity (Wildman–Crippen MR) is 97.3 cm³/mol. The van der Waals surface area contributed by atoms with Gasteiger partial charge in [-0.3, -0.25) is 4.79 Å². The number of amides is 1. The zero-order valence-electron chi connectivity index (χ0n) is 13.7. The molecule has 27 heavy (non-hydrogen) atoms. The number of carbonyl (C=O) groups is 1. The lowest BCUT2D eigenvalue weighted by atomic mass is 10.2. The third-order valence-corrected chi connectivity index (χ3v) is 3.95. The number of hydrazone groups is 1. The predicted octanol–water partition coefficient (Wildman–Crippen LogP) is 4.91. The van der Waals surface area contributed by atoms with Gasteiger partial charge in [-0.2, -0.15) is 18.3 Å². The second-order valence-electron chi connectivity index (χ2n) is 5.56. The third-order valence-electron chi connectivity index (χ3n) is 3.70. The van der Waals surface area contributed by atoms with Crippen molar-refractivity contribution in [3.05, 3.63) is 88.7 Å². The highest BCUT2D eigenvalue weighted by atomic mass is 35.5. The molecule has 0 aliphatic heterocycles. The monoisotopic (exact) mass is 391 g/mol. The first-order valence-electron chi connectivity index (χ1n) is 7.78. The van der Waals surface area contributed by atoms with Crippen molar-refractivity contribution in [2.75, 3.05) is 0 Å². The molecule has 0 aliphatic rings. The van der Waals surface area contributed by atoms with Crippen molar-refractivity contribution in [2.45, 2.75) is 6.18 Å². The van der Waals surface area contributed by atoms with Gasteiger partial charge in [0, 0.05) is 22.5 Å². The van der Waals surface area contributed by atoms with Gasteiger partial charge in [-0.15, -0.1) is 0 Å². The van der Waals surface area contributed by atoms with Crippen molar-refractivity contribution in [1.82, 2.24) is 9.99 Å². The summed E-state index contributed by atoms with van der Waals surface area (Å²) in [5.74, 6) is -0.430. The quantitative estimate of drug-likeness (QED) is 0.498. The summed E-state index contributed by atoms with van der Waals surface area (Å²) in [6.07, 6.45) is -1.46. The van der Waals surface area contributed by atoms with Crippen molar-refractivity contribution in [3.63, 3.8) is 0 Å². The van der Waals surface area contributed by atoms with Gasteiger partial charge in [-0.05, 0) is 54.6 Å². The summed E-state index contributed by atoms with van der Waals surface area (Å²) in [4.78, 5) is 12.0. The smallest absolute Gasteiger partial charge is 0.316 e. The summed E-state index contributed by atoms with van der Waals surface area (Å²) in [6, 6.07) is 14.5. The first-order valence-corrected chi connectivity index (χ1v) is 8.16. The van der Waals surface area contributed by atoms with Crippen molar-refractivity contribution < 1.29 is 18.0 Å². The molecule has 0 bridgehead atoms. The molecule has 1 aromatic heterocycles. The van der Waals surface area contributed by atoms with Crippen LogP contribution in [0.4, 0.5) is 13.2 Å². The Kier molecular flexibility index (Phi) is 5.32. The summed E-state index contributed by atoms with van der Waals surface area (Å²) in [6.45, 7) is 0. The van der Waals surface area contributed by atoms with Crippen LogP contribution in [0, 0.1) is 0 Å². The number of hydrogen-bond acceptors (Lipinski definition) is 2.